The molecule has 0 radical (unpaired) electrons. The second-order valence-electron chi connectivity index (χ2n) is 5.07. The van der Waals surface area contributed by atoms with Crippen LogP contribution >= 0.6 is 0 Å². The molecule has 1 heterocycles. The van der Waals surface area contributed by atoms with Gasteiger partial charge < -0.3 is 14.9 Å². The first-order chi connectivity index (χ1) is 9.10. The Labute approximate surface area is 112 Å². The lowest BCUT2D eigenvalue weighted by Crippen LogP contribution is -2.45. The molecule has 0 aliphatic carbocycles. The quantitative estimate of drug-likeness (QED) is 0.824. The molecule has 0 amide bonds. The molecule has 2 aromatic carbocycles. The normalized spacial score (nSPS) is 29.4. The summed E-state index contributed by atoms with van der Waals surface area (Å²) in [7, 11) is 0. The van der Waals surface area contributed by atoms with E-state index in [9.17, 15) is 10.2 Å². The molecular formula is C16H16O3. The molecule has 3 rings (SSSR count). The molecule has 0 spiro atoms. The minimum Gasteiger partial charge on any atom is -0.482 e. The number of ether oxygens (including phenoxy) is 1. The van der Waals surface area contributed by atoms with Crippen LogP contribution in [-0.4, -0.2) is 15.8 Å². The predicted molar refractivity (Wildman–Crippen MR) is 71.8 cm³/mol. The Morgan fingerprint density at radius 3 is 2.37 bits per heavy atom. The molecule has 3 unspecified atom stereocenters. The van der Waals surface area contributed by atoms with Gasteiger partial charge in [-0.05, 0) is 18.6 Å². The summed E-state index contributed by atoms with van der Waals surface area (Å²) in [5.74, 6) is 0.621. The summed E-state index contributed by atoms with van der Waals surface area (Å²) in [6.45, 7) is 1.60. The molecule has 3 atom stereocenters. The summed E-state index contributed by atoms with van der Waals surface area (Å²) in [4.78, 5) is 0. The number of aliphatic hydroxyl groups excluding tert-OH is 1. The standard InChI is InChI=1S/C16H16O3/c1-16(18)14(17)12-9-5-6-10-13(12)19-15(16)11-7-3-2-4-8-11/h2-10,14-15,17-18H,1H3. The van der Waals surface area contributed by atoms with Gasteiger partial charge in [0.1, 0.15) is 17.5 Å². The van der Waals surface area contributed by atoms with Crippen molar-refractivity contribution in [3.05, 3.63) is 65.7 Å². The van der Waals surface area contributed by atoms with Crippen molar-refractivity contribution < 1.29 is 14.9 Å². The number of hydrogen-bond donors (Lipinski definition) is 2. The van der Waals surface area contributed by atoms with E-state index in [2.05, 4.69) is 0 Å². The van der Waals surface area contributed by atoms with Crippen LogP contribution in [0.5, 0.6) is 5.75 Å². The molecule has 19 heavy (non-hydrogen) atoms. The van der Waals surface area contributed by atoms with Gasteiger partial charge in [-0.2, -0.15) is 0 Å². The summed E-state index contributed by atoms with van der Waals surface area (Å²) in [6, 6.07) is 16.7. The maximum Gasteiger partial charge on any atom is 0.155 e. The van der Waals surface area contributed by atoms with Crippen molar-refractivity contribution in [1.82, 2.24) is 0 Å². The van der Waals surface area contributed by atoms with Crippen LogP contribution in [0.15, 0.2) is 54.6 Å². The largest absolute Gasteiger partial charge is 0.482 e. The molecule has 98 valence electrons. The van der Waals surface area contributed by atoms with Crippen molar-refractivity contribution in [1.29, 1.82) is 0 Å². The van der Waals surface area contributed by atoms with Crippen LogP contribution < -0.4 is 4.74 Å². The van der Waals surface area contributed by atoms with Crippen LogP contribution in [0.25, 0.3) is 0 Å². The fourth-order valence-electron chi connectivity index (χ4n) is 2.55. The van der Waals surface area contributed by atoms with E-state index in [-0.39, 0.29) is 0 Å². The minimum absolute atomic E-state index is 0.585. The molecule has 2 N–H and O–H groups in total. The van der Waals surface area contributed by atoms with Crippen LogP contribution in [0.1, 0.15) is 30.3 Å². The summed E-state index contributed by atoms with van der Waals surface area (Å²) < 4.78 is 5.89. The van der Waals surface area contributed by atoms with Crippen LogP contribution in [0.4, 0.5) is 0 Å². The number of para-hydroxylation sites is 1. The van der Waals surface area contributed by atoms with E-state index >= 15 is 0 Å². The van der Waals surface area contributed by atoms with E-state index < -0.39 is 17.8 Å². The van der Waals surface area contributed by atoms with Crippen molar-refractivity contribution in [2.75, 3.05) is 0 Å². The number of rotatable bonds is 1. The highest BCUT2D eigenvalue weighted by molar-refractivity contribution is 5.41. The molecule has 0 bridgehead atoms. The maximum absolute atomic E-state index is 10.6. The fraction of sp³-hybridized carbons (Fsp3) is 0.250. The van der Waals surface area contributed by atoms with Crippen LogP contribution in [0.2, 0.25) is 0 Å². The van der Waals surface area contributed by atoms with Gasteiger partial charge in [-0.3, -0.25) is 0 Å². The lowest BCUT2D eigenvalue weighted by atomic mass is 9.82. The van der Waals surface area contributed by atoms with Gasteiger partial charge in [0.15, 0.2) is 6.10 Å². The third-order valence-corrected chi connectivity index (χ3v) is 3.65. The molecule has 2 aromatic rings. The molecule has 3 heteroatoms. The molecule has 1 aliphatic heterocycles. The average molecular weight is 256 g/mol. The average Bonchev–Trinajstić information content (AvgIpc) is 2.44. The third kappa shape index (κ3) is 1.91. The van der Waals surface area contributed by atoms with Gasteiger partial charge in [0.05, 0.1) is 0 Å². The first-order valence-electron chi connectivity index (χ1n) is 6.31. The minimum atomic E-state index is -1.37. The predicted octanol–water partition coefficient (Wildman–Crippen LogP) is 2.60. The highest BCUT2D eigenvalue weighted by Crippen LogP contribution is 2.46. The zero-order chi connectivity index (χ0) is 13.5. The van der Waals surface area contributed by atoms with Gasteiger partial charge in [0, 0.05) is 5.56 Å². The van der Waals surface area contributed by atoms with Gasteiger partial charge in [0.25, 0.3) is 0 Å². The number of benzene rings is 2. The van der Waals surface area contributed by atoms with E-state index in [1.54, 1.807) is 13.0 Å². The fourth-order valence-corrected chi connectivity index (χ4v) is 2.55. The smallest absolute Gasteiger partial charge is 0.155 e. The van der Waals surface area contributed by atoms with Crippen LogP contribution in [0, 0.1) is 0 Å². The van der Waals surface area contributed by atoms with Crippen molar-refractivity contribution in [3.8, 4) is 5.75 Å². The molecule has 0 saturated heterocycles. The Bertz CT molecular complexity index is 578. The molecule has 3 nitrogen and oxygen atoms in total. The van der Waals surface area contributed by atoms with E-state index in [1.165, 1.54) is 0 Å². The van der Waals surface area contributed by atoms with Crippen molar-refractivity contribution in [3.63, 3.8) is 0 Å². The molecule has 0 aromatic heterocycles. The molecule has 1 aliphatic rings. The lowest BCUT2D eigenvalue weighted by Gasteiger charge is -2.42. The summed E-state index contributed by atoms with van der Waals surface area (Å²) in [5.41, 5.74) is 0.108. The third-order valence-electron chi connectivity index (χ3n) is 3.65. The maximum atomic E-state index is 10.6. The van der Waals surface area contributed by atoms with Crippen molar-refractivity contribution in [2.24, 2.45) is 0 Å². The Morgan fingerprint density at radius 2 is 1.63 bits per heavy atom. The summed E-state index contributed by atoms with van der Waals surface area (Å²) in [5, 5.41) is 21.0. The molecule has 0 fully saturated rings. The Hall–Kier alpha value is -1.84. The van der Waals surface area contributed by atoms with Crippen LogP contribution in [-0.2, 0) is 0 Å². The Kier molecular flexibility index (Phi) is 2.81. The number of fused-ring (bicyclic) bond motifs is 1. The second-order valence-corrected chi connectivity index (χ2v) is 5.07. The van der Waals surface area contributed by atoms with Gasteiger partial charge in [-0.1, -0.05) is 48.5 Å². The zero-order valence-corrected chi connectivity index (χ0v) is 10.7. The van der Waals surface area contributed by atoms with Gasteiger partial charge >= 0.3 is 0 Å². The van der Waals surface area contributed by atoms with E-state index in [4.69, 9.17) is 4.74 Å². The SMILES string of the molecule is CC1(O)C(O)c2ccccc2OC1c1ccccc1. The molecular weight excluding hydrogens is 240 g/mol. The highest BCUT2D eigenvalue weighted by atomic mass is 16.5. The van der Waals surface area contributed by atoms with Crippen molar-refractivity contribution in [2.45, 2.75) is 24.7 Å². The number of aliphatic hydroxyl groups is 2. The topological polar surface area (TPSA) is 49.7 Å². The lowest BCUT2D eigenvalue weighted by molar-refractivity contribution is -0.145. The number of hydrogen-bond acceptors (Lipinski definition) is 3. The summed E-state index contributed by atoms with van der Waals surface area (Å²) >= 11 is 0. The molecule has 0 saturated carbocycles. The first-order valence-corrected chi connectivity index (χ1v) is 6.31. The van der Waals surface area contributed by atoms with Gasteiger partial charge in [-0.25, -0.2) is 0 Å². The zero-order valence-electron chi connectivity index (χ0n) is 10.7. The monoisotopic (exact) mass is 256 g/mol. The summed E-state index contributed by atoms with van der Waals surface area (Å²) in [6.07, 6.45) is -1.55. The van der Waals surface area contributed by atoms with Crippen LogP contribution in [0.3, 0.4) is 0 Å². The van der Waals surface area contributed by atoms with Gasteiger partial charge in [0.2, 0.25) is 0 Å². The van der Waals surface area contributed by atoms with Crippen molar-refractivity contribution >= 4 is 0 Å². The highest BCUT2D eigenvalue weighted by Gasteiger charge is 2.47. The first kappa shape index (κ1) is 12.2. The van der Waals surface area contributed by atoms with Gasteiger partial charge in [-0.15, -0.1) is 0 Å². The van der Waals surface area contributed by atoms with E-state index in [0.717, 1.165) is 5.56 Å². The van der Waals surface area contributed by atoms with E-state index in [0.29, 0.717) is 11.3 Å². The Balaban J connectivity index is 2.09. The van der Waals surface area contributed by atoms with E-state index in [1.807, 2.05) is 48.5 Å². The second kappa shape index (κ2) is 4.37. The Morgan fingerprint density at radius 1 is 1.00 bits per heavy atom.